The number of rotatable bonds is 6. The van der Waals surface area contributed by atoms with Crippen LogP contribution < -0.4 is 15.4 Å². The molecule has 1 aliphatic rings. The van der Waals surface area contributed by atoms with Crippen molar-refractivity contribution in [3.63, 3.8) is 0 Å². The van der Waals surface area contributed by atoms with Crippen molar-refractivity contribution in [3.05, 3.63) is 24.3 Å². The van der Waals surface area contributed by atoms with Crippen LogP contribution in [-0.2, 0) is 19.6 Å². The number of ether oxygens (including phenoxy) is 1. The van der Waals surface area contributed by atoms with E-state index < -0.39 is 10.0 Å². The first-order valence-corrected chi connectivity index (χ1v) is 8.02. The number of sulfonamides is 1. The molecule has 1 saturated heterocycles. The lowest BCUT2D eigenvalue weighted by Crippen LogP contribution is -2.59. The van der Waals surface area contributed by atoms with E-state index in [1.807, 2.05) is 6.92 Å². The molecule has 0 spiro atoms. The molecule has 3 N–H and O–H groups in total. The van der Waals surface area contributed by atoms with E-state index >= 15 is 0 Å². The second kappa shape index (κ2) is 6.10. The molecule has 1 fully saturated rings. The van der Waals surface area contributed by atoms with Gasteiger partial charge in [0.1, 0.15) is 11.5 Å². The molecule has 0 aliphatic carbocycles. The Morgan fingerprint density at radius 2 is 2.05 bits per heavy atom. The third-order valence-electron chi connectivity index (χ3n) is 3.27. The number of benzene rings is 1. The Labute approximate surface area is 124 Å². The van der Waals surface area contributed by atoms with E-state index in [0.717, 1.165) is 0 Å². The zero-order valence-electron chi connectivity index (χ0n) is 12.0. The molecule has 116 valence electrons. The van der Waals surface area contributed by atoms with E-state index in [9.17, 15) is 13.2 Å². The molecular weight excluding hydrogens is 294 g/mol. The van der Waals surface area contributed by atoms with Crippen molar-refractivity contribution in [1.82, 2.24) is 10.0 Å². The van der Waals surface area contributed by atoms with Crippen molar-refractivity contribution in [2.24, 2.45) is 0 Å². The Hall–Kier alpha value is -1.48. The zero-order chi connectivity index (χ0) is 15.5. The van der Waals surface area contributed by atoms with Gasteiger partial charge in [-0.2, -0.15) is 0 Å². The quantitative estimate of drug-likeness (QED) is 0.682. The van der Waals surface area contributed by atoms with Crippen molar-refractivity contribution in [1.29, 1.82) is 0 Å². The van der Waals surface area contributed by atoms with Crippen molar-refractivity contribution in [3.8, 4) is 0 Å². The minimum Gasteiger partial charge on any atom is -0.363 e. The van der Waals surface area contributed by atoms with Gasteiger partial charge in [0.25, 0.3) is 0 Å². The molecule has 8 heteroatoms. The molecule has 0 atom stereocenters. The summed E-state index contributed by atoms with van der Waals surface area (Å²) in [7, 11) is -2.31. The van der Waals surface area contributed by atoms with Gasteiger partial charge in [0.05, 0.1) is 11.3 Å². The monoisotopic (exact) mass is 313 g/mol. The predicted octanol–water partition coefficient (Wildman–Crippen LogP) is -0.0883. The SMILES string of the molecule is CNS(=O)(=O)c1ccccc1NC(=O)COC1(C)CNC1. The minimum atomic E-state index is -3.63. The van der Waals surface area contributed by atoms with Gasteiger partial charge in [0.2, 0.25) is 15.9 Å². The Kier molecular flexibility index (Phi) is 4.62. The third-order valence-corrected chi connectivity index (χ3v) is 4.74. The lowest BCUT2D eigenvalue weighted by Gasteiger charge is -2.38. The Morgan fingerprint density at radius 3 is 2.62 bits per heavy atom. The van der Waals surface area contributed by atoms with E-state index in [-0.39, 0.29) is 28.7 Å². The maximum atomic E-state index is 11.9. The molecular formula is C13H19N3O4S. The highest BCUT2D eigenvalue weighted by atomic mass is 32.2. The summed E-state index contributed by atoms with van der Waals surface area (Å²) in [5.74, 6) is -0.387. The highest BCUT2D eigenvalue weighted by Crippen LogP contribution is 2.20. The summed E-state index contributed by atoms with van der Waals surface area (Å²) < 4.78 is 31.5. The van der Waals surface area contributed by atoms with Crippen LogP contribution in [0.1, 0.15) is 6.92 Å². The molecule has 1 heterocycles. The molecule has 0 saturated carbocycles. The van der Waals surface area contributed by atoms with Crippen molar-refractivity contribution >= 4 is 21.6 Å². The molecule has 1 amide bonds. The summed E-state index contributed by atoms with van der Waals surface area (Å²) in [6.45, 7) is 3.19. The summed E-state index contributed by atoms with van der Waals surface area (Å²) in [6, 6.07) is 6.22. The molecule has 21 heavy (non-hydrogen) atoms. The molecule has 0 unspecified atom stereocenters. The van der Waals surface area contributed by atoms with Crippen molar-refractivity contribution < 1.29 is 17.9 Å². The number of carbonyl (C=O) groups excluding carboxylic acids is 1. The summed E-state index contributed by atoms with van der Waals surface area (Å²) >= 11 is 0. The number of para-hydroxylation sites is 1. The molecule has 2 rings (SSSR count). The summed E-state index contributed by atoms with van der Waals surface area (Å²) in [5.41, 5.74) is -0.0918. The number of carbonyl (C=O) groups is 1. The van der Waals surface area contributed by atoms with Gasteiger partial charge in [0.15, 0.2) is 0 Å². The van der Waals surface area contributed by atoms with Crippen LogP contribution in [0.15, 0.2) is 29.2 Å². The maximum Gasteiger partial charge on any atom is 0.250 e. The van der Waals surface area contributed by atoms with E-state index in [1.165, 1.54) is 19.2 Å². The van der Waals surface area contributed by atoms with E-state index in [1.54, 1.807) is 12.1 Å². The van der Waals surface area contributed by atoms with Crippen LogP contribution >= 0.6 is 0 Å². The first kappa shape index (κ1) is 15.9. The highest BCUT2D eigenvalue weighted by Gasteiger charge is 2.33. The van der Waals surface area contributed by atoms with Crippen LogP contribution in [0.5, 0.6) is 0 Å². The number of hydrogen-bond donors (Lipinski definition) is 3. The summed E-state index contributed by atoms with van der Waals surface area (Å²) in [5, 5.41) is 5.64. The zero-order valence-corrected chi connectivity index (χ0v) is 12.8. The van der Waals surface area contributed by atoms with Gasteiger partial charge < -0.3 is 15.4 Å². The van der Waals surface area contributed by atoms with Gasteiger partial charge in [-0.05, 0) is 26.1 Å². The van der Waals surface area contributed by atoms with Crippen LogP contribution in [0.4, 0.5) is 5.69 Å². The van der Waals surface area contributed by atoms with E-state index in [2.05, 4.69) is 15.4 Å². The maximum absolute atomic E-state index is 11.9. The molecule has 7 nitrogen and oxygen atoms in total. The van der Waals surface area contributed by atoms with E-state index in [4.69, 9.17) is 4.74 Å². The number of anilines is 1. The third kappa shape index (κ3) is 3.79. The van der Waals surface area contributed by atoms with Gasteiger partial charge in [-0.25, -0.2) is 13.1 Å². The minimum absolute atomic E-state index is 0.0253. The highest BCUT2D eigenvalue weighted by molar-refractivity contribution is 7.89. The number of nitrogens with one attached hydrogen (secondary N) is 3. The van der Waals surface area contributed by atoms with E-state index in [0.29, 0.717) is 13.1 Å². The van der Waals surface area contributed by atoms with Crippen LogP contribution in [0.3, 0.4) is 0 Å². The van der Waals surface area contributed by atoms with Crippen LogP contribution in [0.25, 0.3) is 0 Å². The average molecular weight is 313 g/mol. The normalized spacial score (nSPS) is 17.0. The van der Waals surface area contributed by atoms with Crippen LogP contribution in [0, 0.1) is 0 Å². The Morgan fingerprint density at radius 1 is 1.38 bits per heavy atom. The number of hydrogen-bond acceptors (Lipinski definition) is 5. The first-order chi connectivity index (χ1) is 9.86. The second-order valence-electron chi connectivity index (χ2n) is 5.09. The van der Waals surface area contributed by atoms with Gasteiger partial charge in [-0.15, -0.1) is 0 Å². The van der Waals surface area contributed by atoms with Gasteiger partial charge >= 0.3 is 0 Å². The smallest absolute Gasteiger partial charge is 0.250 e. The Balaban J connectivity index is 2.04. The lowest BCUT2D eigenvalue weighted by atomic mass is 10.0. The summed E-state index contributed by atoms with van der Waals surface area (Å²) in [6.07, 6.45) is 0. The van der Waals surface area contributed by atoms with Gasteiger partial charge in [-0.1, -0.05) is 12.1 Å². The van der Waals surface area contributed by atoms with Crippen molar-refractivity contribution in [2.75, 3.05) is 32.1 Å². The van der Waals surface area contributed by atoms with Gasteiger partial charge in [-0.3, -0.25) is 4.79 Å². The molecule has 1 aromatic rings. The molecule has 0 bridgehead atoms. The summed E-state index contributed by atoms with van der Waals surface area (Å²) in [4.78, 5) is 11.9. The molecule has 1 aromatic carbocycles. The number of amides is 1. The fourth-order valence-electron chi connectivity index (χ4n) is 1.92. The van der Waals surface area contributed by atoms with Crippen LogP contribution in [0.2, 0.25) is 0 Å². The standard InChI is InChI=1S/C13H19N3O4S/c1-13(8-15-9-13)20-7-12(17)16-10-5-3-4-6-11(10)21(18,19)14-2/h3-6,14-15H,7-9H2,1-2H3,(H,16,17). The lowest BCUT2D eigenvalue weighted by molar-refractivity contribution is -0.130. The molecule has 0 radical (unpaired) electrons. The Bertz CT molecular complexity index is 626. The molecule has 1 aliphatic heterocycles. The first-order valence-electron chi connectivity index (χ1n) is 6.53. The fourth-order valence-corrected chi connectivity index (χ4v) is 2.81. The van der Waals surface area contributed by atoms with Crippen molar-refractivity contribution in [2.45, 2.75) is 17.4 Å². The topological polar surface area (TPSA) is 96.5 Å². The predicted molar refractivity (Wildman–Crippen MR) is 78.5 cm³/mol. The van der Waals surface area contributed by atoms with Crippen LogP contribution in [-0.4, -0.2) is 46.7 Å². The fraction of sp³-hybridized carbons (Fsp3) is 0.462. The van der Waals surface area contributed by atoms with Gasteiger partial charge in [0, 0.05) is 13.1 Å². The largest absolute Gasteiger partial charge is 0.363 e. The average Bonchev–Trinajstić information content (AvgIpc) is 2.43. The second-order valence-corrected chi connectivity index (χ2v) is 6.95. The molecule has 0 aromatic heterocycles.